The van der Waals surface area contributed by atoms with Gasteiger partial charge in [-0.15, -0.1) is 0 Å². The summed E-state index contributed by atoms with van der Waals surface area (Å²) in [6, 6.07) is 7.67. The number of benzene rings is 1. The van der Waals surface area contributed by atoms with Crippen LogP contribution in [0.4, 0.5) is 5.69 Å². The summed E-state index contributed by atoms with van der Waals surface area (Å²) in [4.78, 5) is 24.6. The summed E-state index contributed by atoms with van der Waals surface area (Å²) in [5.74, 6) is -0.352. The highest BCUT2D eigenvalue weighted by atomic mass is 16.6. The second-order valence-corrected chi connectivity index (χ2v) is 6.69. The molecule has 21 heavy (non-hydrogen) atoms. The van der Waals surface area contributed by atoms with Crippen molar-refractivity contribution in [3.8, 4) is 0 Å². The molecule has 1 spiro atoms. The van der Waals surface area contributed by atoms with Crippen LogP contribution in [0.3, 0.4) is 0 Å². The lowest BCUT2D eigenvalue weighted by atomic mass is 9.78. The van der Waals surface area contributed by atoms with Crippen molar-refractivity contribution in [3.63, 3.8) is 0 Å². The van der Waals surface area contributed by atoms with E-state index in [4.69, 9.17) is 4.74 Å². The SMILES string of the molecule is CC(C)(C)OC(=O)C1=CC[C@@]2(C1)C(=O)Nc1ccccc12. The molecule has 0 aromatic heterocycles. The Morgan fingerprint density at radius 3 is 2.71 bits per heavy atom. The fraction of sp³-hybridized carbons (Fsp3) is 0.412. The van der Waals surface area contributed by atoms with E-state index in [1.807, 2.05) is 51.1 Å². The van der Waals surface area contributed by atoms with Crippen LogP contribution in [0.1, 0.15) is 39.2 Å². The van der Waals surface area contributed by atoms with Gasteiger partial charge in [0.05, 0.1) is 5.41 Å². The van der Waals surface area contributed by atoms with E-state index in [2.05, 4.69) is 5.32 Å². The third-order valence-electron chi connectivity index (χ3n) is 3.98. The van der Waals surface area contributed by atoms with Crippen LogP contribution < -0.4 is 5.32 Å². The number of para-hydroxylation sites is 1. The minimum atomic E-state index is -0.636. The normalized spacial score (nSPS) is 23.8. The lowest BCUT2D eigenvalue weighted by molar-refractivity contribution is -0.150. The van der Waals surface area contributed by atoms with Gasteiger partial charge in [0.2, 0.25) is 5.91 Å². The fourth-order valence-electron chi connectivity index (χ4n) is 3.02. The largest absolute Gasteiger partial charge is 0.457 e. The summed E-state index contributed by atoms with van der Waals surface area (Å²) in [6.45, 7) is 5.52. The number of hydrogen-bond donors (Lipinski definition) is 1. The van der Waals surface area contributed by atoms with Crippen LogP contribution in [-0.4, -0.2) is 17.5 Å². The lowest BCUT2D eigenvalue weighted by Gasteiger charge is -2.23. The van der Waals surface area contributed by atoms with Gasteiger partial charge >= 0.3 is 5.97 Å². The predicted molar refractivity (Wildman–Crippen MR) is 79.9 cm³/mol. The highest BCUT2D eigenvalue weighted by Gasteiger charge is 2.50. The highest BCUT2D eigenvalue weighted by Crippen LogP contribution is 2.48. The van der Waals surface area contributed by atoms with E-state index in [0.717, 1.165) is 11.3 Å². The van der Waals surface area contributed by atoms with Gasteiger partial charge in [0.15, 0.2) is 0 Å². The van der Waals surface area contributed by atoms with Gasteiger partial charge < -0.3 is 10.1 Å². The zero-order valence-corrected chi connectivity index (χ0v) is 12.5. The van der Waals surface area contributed by atoms with Gasteiger partial charge in [-0.2, -0.15) is 0 Å². The molecule has 4 heteroatoms. The monoisotopic (exact) mass is 285 g/mol. The molecule has 3 rings (SSSR count). The number of carbonyl (C=O) groups is 2. The van der Waals surface area contributed by atoms with E-state index < -0.39 is 11.0 Å². The van der Waals surface area contributed by atoms with Crippen molar-refractivity contribution in [2.24, 2.45) is 0 Å². The Balaban J connectivity index is 1.86. The Kier molecular flexibility index (Phi) is 2.94. The Bertz CT molecular complexity index is 654. The minimum absolute atomic E-state index is 0.0292. The predicted octanol–water partition coefficient (Wildman–Crippen LogP) is 2.94. The summed E-state index contributed by atoms with van der Waals surface area (Å²) < 4.78 is 5.41. The second kappa shape index (κ2) is 4.45. The maximum atomic E-state index is 12.4. The van der Waals surface area contributed by atoms with Crippen molar-refractivity contribution < 1.29 is 14.3 Å². The van der Waals surface area contributed by atoms with Crippen LogP contribution in [0.5, 0.6) is 0 Å². The first-order valence-corrected chi connectivity index (χ1v) is 7.15. The maximum Gasteiger partial charge on any atom is 0.334 e. The number of fused-ring (bicyclic) bond motifs is 2. The fourth-order valence-corrected chi connectivity index (χ4v) is 3.02. The average Bonchev–Trinajstić information content (AvgIpc) is 2.93. The number of hydrogen-bond acceptors (Lipinski definition) is 3. The third-order valence-corrected chi connectivity index (χ3v) is 3.98. The van der Waals surface area contributed by atoms with E-state index in [1.54, 1.807) is 0 Å². The van der Waals surface area contributed by atoms with Crippen molar-refractivity contribution in [3.05, 3.63) is 41.5 Å². The van der Waals surface area contributed by atoms with Crippen molar-refractivity contribution in [1.29, 1.82) is 0 Å². The number of ether oxygens (including phenoxy) is 1. The molecular formula is C17H19NO3. The van der Waals surface area contributed by atoms with Crippen molar-refractivity contribution >= 4 is 17.6 Å². The summed E-state index contributed by atoms with van der Waals surface area (Å²) in [5.41, 5.74) is 1.26. The summed E-state index contributed by atoms with van der Waals surface area (Å²) >= 11 is 0. The quantitative estimate of drug-likeness (QED) is 0.807. The molecule has 0 radical (unpaired) electrons. The molecule has 1 N–H and O–H groups in total. The lowest BCUT2D eigenvalue weighted by Crippen LogP contribution is -2.33. The van der Waals surface area contributed by atoms with Gasteiger partial charge in [0, 0.05) is 11.3 Å². The smallest absolute Gasteiger partial charge is 0.334 e. The number of esters is 1. The van der Waals surface area contributed by atoms with Gasteiger partial charge in [-0.3, -0.25) is 4.79 Å². The Hall–Kier alpha value is -2.10. The molecule has 2 aliphatic rings. The van der Waals surface area contributed by atoms with Crippen LogP contribution in [0, 0.1) is 0 Å². The van der Waals surface area contributed by atoms with E-state index in [9.17, 15) is 9.59 Å². The number of amides is 1. The van der Waals surface area contributed by atoms with Crippen LogP contribution in [0.25, 0.3) is 0 Å². The van der Waals surface area contributed by atoms with Crippen LogP contribution >= 0.6 is 0 Å². The Labute approximate surface area is 124 Å². The third kappa shape index (κ3) is 2.24. The zero-order valence-electron chi connectivity index (χ0n) is 12.5. The van der Waals surface area contributed by atoms with E-state index in [1.165, 1.54) is 0 Å². The number of anilines is 1. The molecule has 0 saturated carbocycles. The molecule has 4 nitrogen and oxygen atoms in total. The molecule has 1 aromatic carbocycles. The summed E-state index contributed by atoms with van der Waals surface area (Å²) in [5, 5.41) is 2.91. The Morgan fingerprint density at radius 2 is 2.00 bits per heavy atom. The first-order chi connectivity index (χ1) is 9.82. The molecule has 1 aliphatic carbocycles. The molecule has 0 unspecified atom stereocenters. The zero-order chi connectivity index (χ0) is 15.3. The van der Waals surface area contributed by atoms with E-state index in [-0.39, 0.29) is 11.9 Å². The van der Waals surface area contributed by atoms with Gasteiger partial charge in [-0.25, -0.2) is 4.79 Å². The van der Waals surface area contributed by atoms with Crippen LogP contribution in [0.15, 0.2) is 35.9 Å². The number of rotatable bonds is 1. The molecule has 0 bridgehead atoms. The molecule has 0 fully saturated rings. The van der Waals surface area contributed by atoms with Crippen molar-refractivity contribution in [1.82, 2.24) is 0 Å². The molecule has 1 atom stereocenters. The van der Waals surface area contributed by atoms with E-state index in [0.29, 0.717) is 18.4 Å². The van der Waals surface area contributed by atoms with E-state index >= 15 is 0 Å². The average molecular weight is 285 g/mol. The summed E-state index contributed by atoms with van der Waals surface area (Å²) in [6.07, 6.45) is 2.80. The molecule has 110 valence electrons. The second-order valence-electron chi connectivity index (χ2n) is 6.69. The van der Waals surface area contributed by atoms with Gasteiger partial charge in [0.25, 0.3) is 0 Å². The van der Waals surface area contributed by atoms with Crippen molar-refractivity contribution in [2.45, 2.75) is 44.6 Å². The van der Waals surface area contributed by atoms with Gasteiger partial charge in [0.1, 0.15) is 5.60 Å². The summed E-state index contributed by atoms with van der Waals surface area (Å²) in [7, 11) is 0. The minimum Gasteiger partial charge on any atom is -0.457 e. The number of carbonyl (C=O) groups excluding carboxylic acids is 2. The van der Waals surface area contributed by atoms with Gasteiger partial charge in [-0.05, 0) is 45.2 Å². The number of allylic oxidation sites excluding steroid dienone is 1. The molecule has 1 heterocycles. The first kappa shape index (κ1) is 13.9. The standard InChI is InChI=1S/C17H19NO3/c1-16(2,3)21-14(19)11-8-9-17(10-11)12-6-4-5-7-13(12)18-15(17)20/h4-8H,9-10H2,1-3H3,(H,18,20)/t17-/m0/s1. The molecule has 1 amide bonds. The molecule has 0 saturated heterocycles. The highest BCUT2D eigenvalue weighted by molar-refractivity contribution is 6.08. The van der Waals surface area contributed by atoms with Crippen molar-refractivity contribution in [2.75, 3.05) is 5.32 Å². The first-order valence-electron chi connectivity index (χ1n) is 7.15. The maximum absolute atomic E-state index is 12.4. The van der Waals surface area contributed by atoms with Crippen LogP contribution in [0.2, 0.25) is 0 Å². The van der Waals surface area contributed by atoms with Crippen LogP contribution in [-0.2, 0) is 19.7 Å². The molecule has 1 aliphatic heterocycles. The number of nitrogens with one attached hydrogen (secondary N) is 1. The molecule has 1 aromatic rings. The topological polar surface area (TPSA) is 55.4 Å². The Morgan fingerprint density at radius 1 is 1.29 bits per heavy atom. The van der Waals surface area contributed by atoms with Gasteiger partial charge in [-0.1, -0.05) is 24.3 Å². The molecular weight excluding hydrogens is 266 g/mol.